The van der Waals surface area contributed by atoms with Crippen molar-refractivity contribution < 1.29 is 36.0 Å². The number of rotatable bonds is 7. The van der Waals surface area contributed by atoms with Crippen molar-refractivity contribution >= 4 is 16.0 Å². The number of epoxide rings is 1. The van der Waals surface area contributed by atoms with Crippen LogP contribution in [-0.4, -0.2) is 56.1 Å². The number of amides is 1. The Morgan fingerprint density at radius 3 is 2.41 bits per heavy atom. The van der Waals surface area contributed by atoms with Crippen LogP contribution in [0.25, 0.3) is 0 Å². The number of ether oxygens (including phenoxy) is 2. The number of alkyl halides is 2. The van der Waals surface area contributed by atoms with Gasteiger partial charge in [0.05, 0.1) is 19.3 Å². The minimum atomic E-state index is -6.00. The van der Waals surface area contributed by atoms with Crippen molar-refractivity contribution in [3.05, 3.63) is 0 Å². The monoisotopic (exact) mass is 342 g/mol. The lowest BCUT2D eigenvalue weighted by atomic mass is 9.87. The van der Waals surface area contributed by atoms with Gasteiger partial charge in [0.25, 0.3) is 0 Å². The van der Waals surface area contributed by atoms with E-state index < -0.39 is 21.3 Å². The van der Waals surface area contributed by atoms with Gasteiger partial charge in [-0.15, -0.1) is 0 Å². The molecule has 1 saturated carbocycles. The molecule has 1 aliphatic carbocycles. The van der Waals surface area contributed by atoms with Crippen LogP contribution in [0.3, 0.4) is 0 Å². The Morgan fingerprint density at radius 2 is 1.91 bits per heavy atom. The SMILES string of the molecule is O=C(NCC1CCC(OCC2CO2)CC1)C(F)(F)S(=O)(=O)[O-]. The van der Waals surface area contributed by atoms with E-state index in [-0.39, 0.29) is 24.7 Å². The van der Waals surface area contributed by atoms with Crippen LogP contribution in [0.5, 0.6) is 0 Å². The van der Waals surface area contributed by atoms with Gasteiger partial charge in [-0.1, -0.05) is 0 Å². The highest BCUT2D eigenvalue weighted by molar-refractivity contribution is 7.87. The third kappa shape index (κ3) is 4.58. The number of hydrogen-bond acceptors (Lipinski definition) is 6. The van der Waals surface area contributed by atoms with E-state index in [1.54, 1.807) is 0 Å². The molecule has 0 spiro atoms. The van der Waals surface area contributed by atoms with Gasteiger partial charge in [0.2, 0.25) is 0 Å². The van der Waals surface area contributed by atoms with Crippen molar-refractivity contribution in [3.8, 4) is 0 Å². The molecule has 1 atom stereocenters. The van der Waals surface area contributed by atoms with Crippen molar-refractivity contribution in [1.82, 2.24) is 5.32 Å². The molecule has 10 heteroatoms. The summed E-state index contributed by atoms with van der Waals surface area (Å²) in [7, 11) is -6.00. The van der Waals surface area contributed by atoms with Gasteiger partial charge in [0.1, 0.15) is 6.10 Å². The first-order chi connectivity index (χ1) is 10.2. The summed E-state index contributed by atoms with van der Waals surface area (Å²) in [4.78, 5) is 11.1. The first-order valence-corrected chi connectivity index (χ1v) is 8.45. The fourth-order valence-electron chi connectivity index (χ4n) is 2.36. The zero-order valence-corrected chi connectivity index (χ0v) is 12.6. The largest absolute Gasteiger partial charge is 0.743 e. The fraction of sp³-hybridized carbons (Fsp3) is 0.917. The third-order valence-corrected chi connectivity index (χ3v) is 4.66. The van der Waals surface area contributed by atoms with Crippen LogP contribution in [-0.2, 0) is 24.4 Å². The molecule has 1 N–H and O–H groups in total. The molecule has 0 aromatic heterocycles. The fourth-order valence-corrected chi connectivity index (χ4v) is 2.66. The molecular formula is C12H18F2NO6S-. The molecule has 22 heavy (non-hydrogen) atoms. The highest BCUT2D eigenvalue weighted by atomic mass is 32.2. The maximum Gasteiger partial charge on any atom is 0.410 e. The maximum absolute atomic E-state index is 13.0. The van der Waals surface area contributed by atoms with E-state index in [0.29, 0.717) is 19.4 Å². The summed E-state index contributed by atoms with van der Waals surface area (Å²) in [5.41, 5.74) is 0. The van der Waals surface area contributed by atoms with E-state index in [1.807, 2.05) is 5.32 Å². The van der Waals surface area contributed by atoms with Gasteiger partial charge in [-0.3, -0.25) is 4.79 Å². The number of carbonyl (C=O) groups is 1. The zero-order valence-electron chi connectivity index (χ0n) is 11.8. The molecule has 1 amide bonds. The Bertz CT molecular complexity index is 500. The first-order valence-electron chi connectivity index (χ1n) is 7.05. The van der Waals surface area contributed by atoms with Gasteiger partial charge < -0.3 is 19.3 Å². The third-order valence-electron chi connectivity index (χ3n) is 3.84. The van der Waals surface area contributed by atoms with Crippen molar-refractivity contribution in [2.24, 2.45) is 5.92 Å². The predicted octanol–water partition coefficient (Wildman–Crippen LogP) is 0.215. The lowest BCUT2D eigenvalue weighted by Gasteiger charge is -2.29. The van der Waals surface area contributed by atoms with Gasteiger partial charge in [-0.25, -0.2) is 8.42 Å². The Hall–Kier alpha value is -0.840. The van der Waals surface area contributed by atoms with Crippen molar-refractivity contribution in [2.75, 3.05) is 19.8 Å². The summed E-state index contributed by atoms with van der Waals surface area (Å²) in [6.07, 6.45) is 3.11. The topological polar surface area (TPSA) is 108 Å². The van der Waals surface area contributed by atoms with E-state index >= 15 is 0 Å². The minimum absolute atomic E-state index is 0.0360. The Labute approximate surface area is 127 Å². The molecule has 2 fully saturated rings. The smallest absolute Gasteiger partial charge is 0.410 e. The first kappa shape index (κ1) is 17.5. The number of carbonyl (C=O) groups excluding carboxylic acids is 1. The summed E-state index contributed by atoms with van der Waals surface area (Å²) in [6, 6.07) is 0. The van der Waals surface area contributed by atoms with Crippen LogP contribution in [0.15, 0.2) is 0 Å². The van der Waals surface area contributed by atoms with Gasteiger partial charge in [0, 0.05) is 6.54 Å². The average molecular weight is 342 g/mol. The van der Waals surface area contributed by atoms with Crippen molar-refractivity contribution in [2.45, 2.75) is 43.1 Å². The summed E-state index contributed by atoms with van der Waals surface area (Å²) in [5.74, 6) is -2.10. The predicted molar refractivity (Wildman–Crippen MR) is 69.1 cm³/mol. The normalized spacial score (nSPS) is 29.1. The van der Waals surface area contributed by atoms with Crippen LogP contribution < -0.4 is 5.32 Å². The highest BCUT2D eigenvalue weighted by Gasteiger charge is 2.46. The van der Waals surface area contributed by atoms with E-state index in [4.69, 9.17) is 9.47 Å². The molecule has 1 saturated heterocycles. The molecule has 2 aliphatic rings. The standard InChI is InChI=1S/C12H19F2NO6S/c13-12(14,22(17,18)19)11(16)15-5-8-1-3-9(4-2-8)20-6-10-7-21-10/h8-10H,1-7H2,(H,15,16)(H,17,18,19)/p-1. The quantitative estimate of drug-likeness (QED) is 0.523. The molecule has 1 heterocycles. The molecule has 0 radical (unpaired) electrons. The molecule has 0 bridgehead atoms. The van der Waals surface area contributed by atoms with Gasteiger partial charge >= 0.3 is 11.2 Å². The molecule has 128 valence electrons. The van der Waals surface area contributed by atoms with E-state index in [2.05, 4.69) is 0 Å². The molecule has 1 aliphatic heterocycles. The van der Waals surface area contributed by atoms with Crippen molar-refractivity contribution in [1.29, 1.82) is 0 Å². The van der Waals surface area contributed by atoms with Crippen LogP contribution >= 0.6 is 0 Å². The average Bonchev–Trinajstić information content (AvgIpc) is 3.26. The number of hydrogen-bond donors (Lipinski definition) is 1. The zero-order chi connectivity index (χ0) is 16.4. The second-order valence-electron chi connectivity index (χ2n) is 5.61. The summed E-state index contributed by atoms with van der Waals surface area (Å²) in [5, 5.41) is -3.09. The Balaban J connectivity index is 1.68. The van der Waals surface area contributed by atoms with Crippen LogP contribution in [0.1, 0.15) is 25.7 Å². The second-order valence-corrected chi connectivity index (χ2v) is 7.03. The van der Waals surface area contributed by atoms with Gasteiger partial charge in [0.15, 0.2) is 10.1 Å². The van der Waals surface area contributed by atoms with E-state index in [1.165, 1.54) is 0 Å². The lowest BCUT2D eigenvalue weighted by Crippen LogP contribution is -2.47. The molecule has 2 rings (SSSR count). The minimum Gasteiger partial charge on any atom is -0.743 e. The van der Waals surface area contributed by atoms with Crippen LogP contribution in [0.4, 0.5) is 8.78 Å². The van der Waals surface area contributed by atoms with Crippen LogP contribution in [0, 0.1) is 5.92 Å². The second kappa shape index (κ2) is 6.73. The van der Waals surface area contributed by atoms with E-state index in [9.17, 15) is 26.5 Å². The molecular weight excluding hydrogens is 324 g/mol. The maximum atomic E-state index is 13.0. The van der Waals surface area contributed by atoms with Crippen molar-refractivity contribution in [3.63, 3.8) is 0 Å². The Kier molecular flexibility index (Phi) is 5.36. The highest BCUT2D eigenvalue weighted by Crippen LogP contribution is 2.27. The van der Waals surface area contributed by atoms with Gasteiger partial charge in [-0.05, 0) is 31.6 Å². The molecule has 0 aromatic rings. The lowest BCUT2D eigenvalue weighted by molar-refractivity contribution is -0.136. The molecule has 7 nitrogen and oxygen atoms in total. The van der Waals surface area contributed by atoms with E-state index in [0.717, 1.165) is 19.4 Å². The molecule has 1 unspecified atom stereocenters. The van der Waals surface area contributed by atoms with Gasteiger partial charge in [-0.2, -0.15) is 8.78 Å². The van der Waals surface area contributed by atoms with Crippen LogP contribution in [0.2, 0.25) is 0 Å². The number of nitrogens with one attached hydrogen (secondary N) is 1. The molecule has 0 aromatic carbocycles. The summed E-state index contributed by atoms with van der Waals surface area (Å²) < 4.78 is 67.6. The summed E-state index contributed by atoms with van der Waals surface area (Å²) in [6.45, 7) is 1.19. The Morgan fingerprint density at radius 1 is 1.32 bits per heavy atom. The summed E-state index contributed by atoms with van der Waals surface area (Å²) >= 11 is 0. The number of halogens is 2.